The Bertz CT molecular complexity index is 267. The molecule has 0 aromatic carbocycles. The predicted molar refractivity (Wildman–Crippen MR) is 58.0 cm³/mol. The fraction of sp³-hybridized carbons (Fsp3) is 0.818. The molecule has 2 unspecified atom stereocenters. The second-order valence-electron chi connectivity index (χ2n) is 4.24. The van der Waals surface area contributed by atoms with Gasteiger partial charge in [-0.25, -0.2) is 0 Å². The highest BCUT2D eigenvalue weighted by molar-refractivity contribution is 5.77. The Hall–Kier alpha value is -1.10. The van der Waals surface area contributed by atoms with Crippen molar-refractivity contribution in [1.82, 2.24) is 4.90 Å². The number of amides is 1. The molecule has 1 saturated heterocycles. The summed E-state index contributed by atoms with van der Waals surface area (Å²) in [4.78, 5) is 24.3. The molecule has 1 rings (SSSR count). The summed E-state index contributed by atoms with van der Waals surface area (Å²) in [5.74, 6) is -1.00. The minimum Gasteiger partial charge on any atom is -0.481 e. The number of ether oxygens (including phenoxy) is 1. The van der Waals surface area contributed by atoms with Crippen LogP contribution in [0.3, 0.4) is 0 Å². The normalized spacial score (nSPS) is 25.5. The van der Waals surface area contributed by atoms with E-state index >= 15 is 0 Å². The predicted octanol–water partition coefficient (Wildman–Crippen LogP) is 0.735. The van der Waals surface area contributed by atoms with Gasteiger partial charge in [-0.1, -0.05) is 0 Å². The SMILES string of the molecule is COCCC(=O)N1CCC(C(=O)O)CC1C. The van der Waals surface area contributed by atoms with Crippen molar-refractivity contribution in [2.45, 2.75) is 32.2 Å². The Morgan fingerprint density at radius 1 is 1.50 bits per heavy atom. The minimum atomic E-state index is -0.754. The van der Waals surface area contributed by atoms with Crippen molar-refractivity contribution in [1.29, 1.82) is 0 Å². The number of carboxylic acid groups (broad SMARTS) is 1. The van der Waals surface area contributed by atoms with Crippen LogP contribution in [-0.2, 0) is 14.3 Å². The summed E-state index contributed by atoms with van der Waals surface area (Å²) in [6, 6.07) is 0.0132. The highest BCUT2D eigenvalue weighted by atomic mass is 16.5. The standard InChI is InChI=1S/C11H19NO4/c1-8-7-9(11(14)15)3-5-12(8)10(13)4-6-16-2/h8-9H,3-7H2,1-2H3,(H,14,15). The molecule has 0 bridgehead atoms. The fourth-order valence-electron chi connectivity index (χ4n) is 2.10. The molecule has 5 nitrogen and oxygen atoms in total. The molecular weight excluding hydrogens is 210 g/mol. The van der Waals surface area contributed by atoms with Crippen LogP contribution in [0.25, 0.3) is 0 Å². The number of carbonyl (C=O) groups is 2. The van der Waals surface area contributed by atoms with Crippen molar-refractivity contribution in [2.75, 3.05) is 20.3 Å². The third-order valence-corrected chi connectivity index (χ3v) is 3.07. The van der Waals surface area contributed by atoms with Gasteiger partial charge in [0.25, 0.3) is 0 Å². The van der Waals surface area contributed by atoms with E-state index in [0.717, 1.165) is 0 Å². The molecule has 0 aliphatic carbocycles. The van der Waals surface area contributed by atoms with E-state index in [1.54, 1.807) is 12.0 Å². The number of nitrogens with zero attached hydrogens (tertiary/aromatic N) is 1. The number of rotatable bonds is 4. The topological polar surface area (TPSA) is 66.8 Å². The third-order valence-electron chi connectivity index (χ3n) is 3.07. The van der Waals surface area contributed by atoms with Gasteiger partial charge in [0.1, 0.15) is 0 Å². The largest absolute Gasteiger partial charge is 0.481 e. The summed E-state index contributed by atoms with van der Waals surface area (Å²) in [6.07, 6.45) is 1.48. The lowest BCUT2D eigenvalue weighted by molar-refractivity contribution is -0.147. The van der Waals surface area contributed by atoms with E-state index < -0.39 is 5.97 Å². The number of hydrogen-bond acceptors (Lipinski definition) is 3. The quantitative estimate of drug-likeness (QED) is 0.772. The second-order valence-corrected chi connectivity index (χ2v) is 4.24. The van der Waals surface area contributed by atoms with Gasteiger partial charge in [-0.15, -0.1) is 0 Å². The lowest BCUT2D eigenvalue weighted by atomic mass is 9.91. The van der Waals surface area contributed by atoms with E-state index in [9.17, 15) is 9.59 Å². The maximum atomic E-state index is 11.7. The summed E-state index contributed by atoms with van der Waals surface area (Å²) < 4.78 is 4.86. The number of carbonyl (C=O) groups excluding carboxylic acids is 1. The van der Waals surface area contributed by atoms with Crippen LogP contribution in [0.5, 0.6) is 0 Å². The van der Waals surface area contributed by atoms with Gasteiger partial charge in [-0.3, -0.25) is 9.59 Å². The zero-order valence-corrected chi connectivity index (χ0v) is 9.81. The van der Waals surface area contributed by atoms with Crippen LogP contribution in [0.1, 0.15) is 26.2 Å². The van der Waals surface area contributed by atoms with Gasteiger partial charge in [-0.05, 0) is 19.8 Å². The smallest absolute Gasteiger partial charge is 0.306 e. The number of hydrogen-bond donors (Lipinski definition) is 1. The molecule has 16 heavy (non-hydrogen) atoms. The van der Waals surface area contributed by atoms with Crippen LogP contribution in [0.2, 0.25) is 0 Å². The Morgan fingerprint density at radius 2 is 2.19 bits per heavy atom. The monoisotopic (exact) mass is 229 g/mol. The van der Waals surface area contributed by atoms with Crippen LogP contribution < -0.4 is 0 Å². The van der Waals surface area contributed by atoms with Crippen LogP contribution in [0, 0.1) is 5.92 Å². The Balaban J connectivity index is 2.46. The van der Waals surface area contributed by atoms with Crippen LogP contribution in [-0.4, -0.2) is 48.2 Å². The Morgan fingerprint density at radius 3 is 2.69 bits per heavy atom. The molecule has 0 spiro atoms. The molecule has 2 atom stereocenters. The Labute approximate surface area is 95.4 Å². The molecule has 1 fully saturated rings. The lowest BCUT2D eigenvalue weighted by Crippen LogP contribution is -2.46. The van der Waals surface area contributed by atoms with E-state index in [-0.39, 0.29) is 17.9 Å². The summed E-state index contributed by atoms with van der Waals surface area (Å²) in [6.45, 7) is 2.87. The highest BCUT2D eigenvalue weighted by Crippen LogP contribution is 2.23. The van der Waals surface area contributed by atoms with E-state index in [2.05, 4.69) is 0 Å². The zero-order chi connectivity index (χ0) is 12.1. The molecule has 92 valence electrons. The summed E-state index contributed by atoms with van der Waals surface area (Å²) in [5, 5.41) is 8.90. The molecule has 1 aliphatic rings. The van der Waals surface area contributed by atoms with Gasteiger partial charge >= 0.3 is 5.97 Å². The van der Waals surface area contributed by atoms with Gasteiger partial charge in [0, 0.05) is 19.7 Å². The first-order chi connectivity index (χ1) is 7.56. The average molecular weight is 229 g/mol. The number of carboxylic acids is 1. The van der Waals surface area contributed by atoms with Crippen molar-refractivity contribution in [3.63, 3.8) is 0 Å². The molecule has 1 heterocycles. The van der Waals surface area contributed by atoms with Gasteiger partial charge in [-0.2, -0.15) is 0 Å². The van der Waals surface area contributed by atoms with Crippen molar-refractivity contribution >= 4 is 11.9 Å². The zero-order valence-electron chi connectivity index (χ0n) is 9.81. The van der Waals surface area contributed by atoms with Crippen molar-refractivity contribution in [2.24, 2.45) is 5.92 Å². The lowest BCUT2D eigenvalue weighted by Gasteiger charge is -2.36. The van der Waals surface area contributed by atoms with Crippen LogP contribution in [0.4, 0.5) is 0 Å². The van der Waals surface area contributed by atoms with Gasteiger partial charge in [0.15, 0.2) is 0 Å². The third kappa shape index (κ3) is 3.20. The molecular formula is C11H19NO4. The molecule has 0 radical (unpaired) electrons. The van der Waals surface area contributed by atoms with Crippen LogP contribution in [0.15, 0.2) is 0 Å². The van der Waals surface area contributed by atoms with Crippen molar-refractivity contribution < 1.29 is 19.4 Å². The fourth-order valence-corrected chi connectivity index (χ4v) is 2.10. The first kappa shape index (κ1) is 13.0. The number of likely N-dealkylation sites (tertiary alicyclic amines) is 1. The van der Waals surface area contributed by atoms with Gasteiger partial charge < -0.3 is 14.7 Å². The van der Waals surface area contributed by atoms with Crippen molar-refractivity contribution in [3.8, 4) is 0 Å². The van der Waals surface area contributed by atoms with E-state index in [0.29, 0.717) is 32.4 Å². The molecule has 0 aromatic rings. The molecule has 0 aromatic heterocycles. The number of methoxy groups -OCH3 is 1. The van der Waals surface area contributed by atoms with E-state index in [4.69, 9.17) is 9.84 Å². The molecule has 0 saturated carbocycles. The molecule has 5 heteroatoms. The van der Waals surface area contributed by atoms with Gasteiger partial charge in [0.2, 0.25) is 5.91 Å². The minimum absolute atomic E-state index is 0.0132. The van der Waals surface area contributed by atoms with Gasteiger partial charge in [0.05, 0.1) is 18.9 Å². The maximum Gasteiger partial charge on any atom is 0.306 e. The first-order valence-corrected chi connectivity index (χ1v) is 5.57. The molecule has 1 amide bonds. The van der Waals surface area contributed by atoms with Crippen LogP contribution >= 0.6 is 0 Å². The molecule has 1 N–H and O–H groups in total. The number of piperidine rings is 1. The second kappa shape index (κ2) is 5.84. The van der Waals surface area contributed by atoms with Crippen molar-refractivity contribution in [3.05, 3.63) is 0 Å². The number of aliphatic carboxylic acids is 1. The first-order valence-electron chi connectivity index (χ1n) is 5.57. The van der Waals surface area contributed by atoms with E-state index in [1.165, 1.54) is 0 Å². The Kier molecular flexibility index (Phi) is 4.73. The molecule has 1 aliphatic heterocycles. The maximum absolute atomic E-state index is 11.7. The summed E-state index contributed by atoms with van der Waals surface area (Å²) in [5.41, 5.74) is 0. The highest BCUT2D eigenvalue weighted by Gasteiger charge is 2.31. The summed E-state index contributed by atoms with van der Waals surface area (Å²) in [7, 11) is 1.56. The average Bonchev–Trinajstić information content (AvgIpc) is 2.25. The summed E-state index contributed by atoms with van der Waals surface area (Å²) >= 11 is 0. The van der Waals surface area contributed by atoms with E-state index in [1.807, 2.05) is 6.92 Å².